The summed E-state index contributed by atoms with van der Waals surface area (Å²) in [6, 6.07) is 26.3. The number of amides is 4. The largest absolute Gasteiger partial charge is 0.507 e. The SMILES string of the molecule is C=CCc1cccc([C@H]2C3=CC[C@@H]4C(=O)N(c5cccc([N+](=O)[O-])c5)C(=O)[C@@H]4[C@@H]3C[C@H]3C(=O)N(c4cccc(Cl)c4)C(=O)[C@@]23c2ccccc2)c1O. The van der Waals surface area contributed by atoms with Gasteiger partial charge in [-0.15, -0.1) is 6.58 Å². The standard InChI is InChI=1S/C41H32ClN3O7/c1-2-9-23-10-6-17-31(36(23)46)35-29-18-19-30-34(39(49)43(37(30)47)27-15-8-16-28(21-27)45(51)52)32(29)22-33-38(48)44(26-14-7-13-25(42)20-26)40(50)41(33,35)24-11-4-3-5-12-24/h2-8,10-18,20-21,30,32-35,46H,1,9,19,22H2/t30-,32+,33-,34-,35+,41+/m0/s1. The Labute approximate surface area is 303 Å². The zero-order chi connectivity index (χ0) is 36.5. The van der Waals surface area contributed by atoms with Gasteiger partial charge in [0.05, 0.1) is 39.5 Å². The van der Waals surface area contributed by atoms with Crippen LogP contribution in [0, 0.1) is 33.8 Å². The second kappa shape index (κ2) is 12.4. The van der Waals surface area contributed by atoms with Gasteiger partial charge in [-0.1, -0.05) is 90.0 Å². The third kappa shape index (κ3) is 4.70. The summed E-state index contributed by atoms with van der Waals surface area (Å²) >= 11 is 6.39. The molecule has 2 heterocycles. The van der Waals surface area contributed by atoms with Crippen molar-refractivity contribution in [3.63, 3.8) is 0 Å². The Morgan fingerprint density at radius 3 is 2.29 bits per heavy atom. The van der Waals surface area contributed by atoms with E-state index in [9.17, 15) is 29.6 Å². The number of halogens is 1. The maximum atomic E-state index is 15.4. The quantitative estimate of drug-likeness (QED) is 0.0938. The van der Waals surface area contributed by atoms with Crippen molar-refractivity contribution in [1.29, 1.82) is 0 Å². The minimum Gasteiger partial charge on any atom is -0.507 e. The van der Waals surface area contributed by atoms with E-state index in [1.807, 2.05) is 24.3 Å². The number of phenols is 1. The highest BCUT2D eigenvalue weighted by Gasteiger charge is 2.70. The highest BCUT2D eigenvalue weighted by molar-refractivity contribution is 6.32. The first kappa shape index (κ1) is 33.3. The Kier molecular flexibility index (Phi) is 7.95. The lowest BCUT2D eigenvalue weighted by molar-refractivity contribution is -0.384. The number of nitro groups is 1. The van der Waals surface area contributed by atoms with Crippen LogP contribution in [-0.4, -0.2) is 33.7 Å². The molecule has 4 aromatic rings. The van der Waals surface area contributed by atoms with Crippen LogP contribution >= 0.6 is 11.6 Å². The van der Waals surface area contributed by atoms with Gasteiger partial charge in [0.15, 0.2) is 0 Å². The van der Waals surface area contributed by atoms with E-state index >= 15 is 4.79 Å². The first-order valence-electron chi connectivity index (χ1n) is 17.0. The molecule has 260 valence electrons. The number of carbonyl (C=O) groups is 4. The van der Waals surface area contributed by atoms with E-state index in [0.29, 0.717) is 39.4 Å². The zero-order valence-electron chi connectivity index (χ0n) is 27.7. The number of allylic oxidation sites excluding steroid dienone is 3. The van der Waals surface area contributed by atoms with Gasteiger partial charge in [-0.2, -0.15) is 0 Å². The molecule has 2 saturated heterocycles. The molecule has 0 aromatic heterocycles. The molecule has 1 N–H and O–H groups in total. The Balaban J connectivity index is 1.36. The number of fused-ring (bicyclic) bond motifs is 4. The van der Waals surface area contributed by atoms with E-state index in [1.165, 1.54) is 29.2 Å². The van der Waals surface area contributed by atoms with Gasteiger partial charge in [0.25, 0.3) is 5.69 Å². The fourth-order valence-electron chi connectivity index (χ4n) is 9.25. The molecule has 3 fully saturated rings. The van der Waals surface area contributed by atoms with E-state index in [2.05, 4.69) is 6.58 Å². The second-order valence-corrected chi connectivity index (χ2v) is 14.2. The van der Waals surface area contributed by atoms with E-state index in [0.717, 1.165) is 4.90 Å². The minimum absolute atomic E-state index is 0.0429. The van der Waals surface area contributed by atoms with Crippen molar-refractivity contribution in [3.05, 3.63) is 153 Å². The maximum Gasteiger partial charge on any atom is 0.271 e. The van der Waals surface area contributed by atoms with Gasteiger partial charge >= 0.3 is 0 Å². The molecule has 4 aliphatic rings. The van der Waals surface area contributed by atoms with Crippen LogP contribution in [0.2, 0.25) is 5.02 Å². The Bertz CT molecular complexity index is 2250. The summed E-state index contributed by atoms with van der Waals surface area (Å²) in [6.07, 6.45) is 4.13. The number of anilines is 2. The highest BCUT2D eigenvalue weighted by Crippen LogP contribution is 2.65. The summed E-state index contributed by atoms with van der Waals surface area (Å²) in [5.41, 5.74) is 0.849. The number of hydrogen-bond donors (Lipinski definition) is 1. The first-order valence-corrected chi connectivity index (χ1v) is 17.4. The van der Waals surface area contributed by atoms with Crippen LogP contribution in [0.25, 0.3) is 0 Å². The predicted octanol–water partition coefficient (Wildman–Crippen LogP) is 7.05. The number of non-ortho nitro benzene ring substituents is 1. The minimum atomic E-state index is -1.55. The number of imide groups is 2. The van der Waals surface area contributed by atoms with Crippen LogP contribution in [0.4, 0.5) is 17.1 Å². The lowest BCUT2D eigenvalue weighted by Crippen LogP contribution is -2.53. The van der Waals surface area contributed by atoms with Crippen LogP contribution < -0.4 is 9.80 Å². The normalized spacial score (nSPS) is 26.5. The molecule has 10 nitrogen and oxygen atoms in total. The average molecular weight is 714 g/mol. The molecule has 0 spiro atoms. The van der Waals surface area contributed by atoms with Crippen LogP contribution in [0.15, 0.2) is 121 Å². The number of aromatic hydroxyl groups is 1. The molecule has 4 aromatic carbocycles. The zero-order valence-corrected chi connectivity index (χ0v) is 28.5. The molecule has 11 heteroatoms. The molecule has 52 heavy (non-hydrogen) atoms. The monoisotopic (exact) mass is 713 g/mol. The van der Waals surface area contributed by atoms with E-state index in [4.69, 9.17) is 11.6 Å². The van der Waals surface area contributed by atoms with Crippen molar-refractivity contribution in [2.24, 2.45) is 23.7 Å². The van der Waals surface area contributed by atoms with E-state index in [1.54, 1.807) is 60.7 Å². The molecule has 2 aliphatic heterocycles. The molecular formula is C41H32ClN3O7. The summed E-state index contributed by atoms with van der Waals surface area (Å²) in [7, 11) is 0. The maximum absolute atomic E-state index is 15.4. The Morgan fingerprint density at radius 1 is 0.865 bits per heavy atom. The summed E-state index contributed by atoms with van der Waals surface area (Å²) < 4.78 is 0. The highest BCUT2D eigenvalue weighted by atomic mass is 35.5. The van der Waals surface area contributed by atoms with Gasteiger partial charge in [-0.25, -0.2) is 9.80 Å². The van der Waals surface area contributed by atoms with Gasteiger partial charge in [-0.3, -0.25) is 29.3 Å². The topological polar surface area (TPSA) is 138 Å². The smallest absolute Gasteiger partial charge is 0.271 e. The predicted molar refractivity (Wildman–Crippen MR) is 194 cm³/mol. The second-order valence-electron chi connectivity index (χ2n) is 13.7. The number of para-hydroxylation sites is 1. The van der Waals surface area contributed by atoms with Crippen molar-refractivity contribution >= 4 is 52.3 Å². The first-order chi connectivity index (χ1) is 25.1. The van der Waals surface area contributed by atoms with Crippen molar-refractivity contribution in [3.8, 4) is 5.75 Å². The third-order valence-corrected chi connectivity index (χ3v) is 11.5. The molecule has 0 bridgehead atoms. The Hall–Kier alpha value is -5.87. The molecule has 0 radical (unpaired) electrons. The van der Waals surface area contributed by atoms with Gasteiger partial charge in [0.1, 0.15) is 5.75 Å². The van der Waals surface area contributed by atoms with E-state index in [-0.39, 0.29) is 30.0 Å². The van der Waals surface area contributed by atoms with E-state index < -0.39 is 63.6 Å². The molecule has 0 unspecified atom stereocenters. The van der Waals surface area contributed by atoms with Gasteiger partial charge in [0, 0.05) is 28.6 Å². The Morgan fingerprint density at radius 2 is 1.58 bits per heavy atom. The van der Waals surface area contributed by atoms with Crippen molar-refractivity contribution < 1.29 is 29.2 Å². The number of hydrogen-bond acceptors (Lipinski definition) is 7. The van der Waals surface area contributed by atoms with Crippen molar-refractivity contribution in [2.45, 2.75) is 30.6 Å². The van der Waals surface area contributed by atoms with Gasteiger partial charge in [0.2, 0.25) is 23.6 Å². The molecule has 8 rings (SSSR count). The summed E-state index contributed by atoms with van der Waals surface area (Å²) in [6.45, 7) is 3.84. The summed E-state index contributed by atoms with van der Waals surface area (Å²) in [4.78, 5) is 72.1. The van der Waals surface area contributed by atoms with Crippen molar-refractivity contribution in [1.82, 2.24) is 0 Å². The number of nitrogens with zero attached hydrogens (tertiary/aromatic N) is 3. The van der Waals surface area contributed by atoms with Gasteiger partial charge < -0.3 is 5.11 Å². The van der Waals surface area contributed by atoms with Crippen LogP contribution in [0.3, 0.4) is 0 Å². The fourth-order valence-corrected chi connectivity index (χ4v) is 9.44. The van der Waals surface area contributed by atoms with Crippen LogP contribution in [0.5, 0.6) is 5.75 Å². The number of rotatable bonds is 7. The number of benzene rings is 4. The number of phenolic OH excluding ortho intramolecular Hbond substituents is 1. The number of nitro benzene ring substituents is 1. The average Bonchev–Trinajstić information content (AvgIpc) is 3.53. The van der Waals surface area contributed by atoms with Crippen molar-refractivity contribution in [2.75, 3.05) is 9.80 Å². The van der Waals surface area contributed by atoms with Crippen LogP contribution in [0.1, 0.15) is 35.4 Å². The molecule has 4 amide bonds. The summed E-state index contributed by atoms with van der Waals surface area (Å²) in [5, 5.41) is 23.9. The molecule has 1 saturated carbocycles. The third-order valence-electron chi connectivity index (χ3n) is 11.3. The van der Waals surface area contributed by atoms with Gasteiger partial charge in [-0.05, 0) is 60.6 Å². The summed E-state index contributed by atoms with van der Waals surface area (Å²) in [5.74, 6) is -6.31. The molecular weight excluding hydrogens is 682 g/mol. The van der Waals surface area contributed by atoms with Crippen LogP contribution in [-0.2, 0) is 31.0 Å². The fraction of sp³-hybridized carbons (Fsp3) is 0.220. The molecule has 2 aliphatic carbocycles. The molecule has 6 atom stereocenters. The lowest BCUT2D eigenvalue weighted by atomic mass is 9.49. The number of carbonyl (C=O) groups excluding carboxylic acids is 4. The lowest BCUT2D eigenvalue weighted by Gasteiger charge is -2.50.